The number of aromatic nitrogens is 2. The van der Waals surface area contributed by atoms with E-state index in [1.165, 1.54) is 25.7 Å². The number of rotatable bonds is 1. The van der Waals surface area contributed by atoms with Crippen molar-refractivity contribution in [3.8, 4) is 0 Å². The minimum absolute atomic E-state index is 0.716. The second-order valence-corrected chi connectivity index (χ2v) is 3.89. The minimum atomic E-state index is 0.716. The fraction of sp³-hybridized carbons (Fsp3) is 0.625. The van der Waals surface area contributed by atoms with Gasteiger partial charge >= 0.3 is 0 Å². The third-order valence-electron chi connectivity index (χ3n) is 2.32. The van der Waals surface area contributed by atoms with E-state index < -0.39 is 0 Å². The fourth-order valence-corrected chi connectivity index (χ4v) is 2.04. The highest BCUT2D eigenvalue weighted by atomic mass is 79.9. The summed E-state index contributed by atoms with van der Waals surface area (Å²) >= 11 is 3.35. The molecule has 60 valence electrons. The smallest absolute Gasteiger partial charge is 0.124 e. The molecule has 0 saturated heterocycles. The van der Waals surface area contributed by atoms with Gasteiger partial charge in [0.2, 0.25) is 0 Å². The first kappa shape index (κ1) is 7.35. The van der Waals surface area contributed by atoms with Crippen LogP contribution in [0.15, 0.2) is 17.1 Å². The standard InChI is InChI=1S/C8H11BrN2/c9-8-5-11(6-10-8)7-3-1-2-4-7/h5-7H,1-4H2. The summed E-state index contributed by atoms with van der Waals surface area (Å²) in [5, 5.41) is 0. The molecular formula is C8H11BrN2. The molecule has 0 N–H and O–H groups in total. The maximum absolute atomic E-state index is 4.14. The molecule has 0 atom stereocenters. The van der Waals surface area contributed by atoms with Crippen molar-refractivity contribution in [2.45, 2.75) is 31.7 Å². The summed E-state index contributed by atoms with van der Waals surface area (Å²) < 4.78 is 3.17. The van der Waals surface area contributed by atoms with Crippen molar-refractivity contribution in [2.75, 3.05) is 0 Å². The number of halogens is 1. The molecule has 1 saturated carbocycles. The summed E-state index contributed by atoms with van der Waals surface area (Å²) in [6.07, 6.45) is 9.38. The van der Waals surface area contributed by atoms with E-state index >= 15 is 0 Å². The van der Waals surface area contributed by atoms with E-state index in [0.29, 0.717) is 6.04 Å². The number of nitrogens with zero attached hydrogens (tertiary/aromatic N) is 2. The average molecular weight is 215 g/mol. The Hall–Kier alpha value is -0.310. The molecule has 0 bridgehead atoms. The Kier molecular flexibility index (Phi) is 1.98. The van der Waals surface area contributed by atoms with Gasteiger partial charge in [0.1, 0.15) is 4.60 Å². The Labute approximate surface area is 74.8 Å². The average Bonchev–Trinajstić information content (AvgIpc) is 2.55. The molecule has 0 unspecified atom stereocenters. The molecule has 1 heterocycles. The Morgan fingerprint density at radius 1 is 1.45 bits per heavy atom. The third-order valence-corrected chi connectivity index (χ3v) is 2.73. The van der Waals surface area contributed by atoms with E-state index in [-0.39, 0.29) is 0 Å². The predicted molar refractivity (Wildman–Crippen MR) is 47.4 cm³/mol. The zero-order valence-electron chi connectivity index (χ0n) is 6.33. The third kappa shape index (κ3) is 1.48. The molecule has 0 amide bonds. The summed E-state index contributed by atoms with van der Waals surface area (Å²) in [4.78, 5) is 4.14. The van der Waals surface area contributed by atoms with E-state index in [2.05, 4.69) is 31.7 Å². The SMILES string of the molecule is Brc1cn(C2CCCC2)cn1. The molecule has 1 aliphatic carbocycles. The highest BCUT2D eigenvalue weighted by Crippen LogP contribution is 2.29. The molecule has 0 aromatic carbocycles. The lowest BCUT2D eigenvalue weighted by molar-refractivity contribution is 0.518. The van der Waals surface area contributed by atoms with E-state index in [4.69, 9.17) is 0 Å². The maximum Gasteiger partial charge on any atom is 0.124 e. The van der Waals surface area contributed by atoms with Crippen LogP contribution in [-0.4, -0.2) is 9.55 Å². The van der Waals surface area contributed by atoms with Gasteiger partial charge in [0.05, 0.1) is 6.33 Å². The minimum Gasteiger partial charge on any atom is -0.333 e. The first-order chi connectivity index (χ1) is 5.36. The topological polar surface area (TPSA) is 17.8 Å². The number of hydrogen-bond donors (Lipinski definition) is 0. The van der Waals surface area contributed by atoms with Crippen molar-refractivity contribution in [3.05, 3.63) is 17.1 Å². The summed E-state index contributed by atoms with van der Waals surface area (Å²) in [6.45, 7) is 0. The highest BCUT2D eigenvalue weighted by molar-refractivity contribution is 9.10. The van der Waals surface area contributed by atoms with Crippen LogP contribution < -0.4 is 0 Å². The van der Waals surface area contributed by atoms with Crippen LogP contribution in [0.5, 0.6) is 0 Å². The summed E-state index contributed by atoms with van der Waals surface area (Å²) in [5.41, 5.74) is 0. The van der Waals surface area contributed by atoms with Gasteiger partial charge in [0, 0.05) is 12.2 Å². The highest BCUT2D eigenvalue weighted by Gasteiger charge is 2.16. The van der Waals surface area contributed by atoms with Crippen LogP contribution in [0, 0.1) is 0 Å². The van der Waals surface area contributed by atoms with Gasteiger partial charge < -0.3 is 4.57 Å². The summed E-state index contributed by atoms with van der Waals surface area (Å²) in [7, 11) is 0. The monoisotopic (exact) mass is 214 g/mol. The van der Waals surface area contributed by atoms with Gasteiger partial charge in [-0.2, -0.15) is 0 Å². The summed E-state index contributed by atoms with van der Waals surface area (Å²) in [5.74, 6) is 0. The molecule has 3 heteroatoms. The molecule has 0 radical (unpaired) electrons. The van der Waals surface area contributed by atoms with Crippen LogP contribution >= 0.6 is 15.9 Å². The molecular weight excluding hydrogens is 204 g/mol. The Balaban J connectivity index is 2.15. The van der Waals surface area contributed by atoms with Crippen molar-refractivity contribution >= 4 is 15.9 Å². The van der Waals surface area contributed by atoms with E-state index in [0.717, 1.165) is 4.60 Å². The van der Waals surface area contributed by atoms with Crippen LogP contribution in [0.2, 0.25) is 0 Å². The molecule has 0 spiro atoms. The molecule has 1 aromatic heterocycles. The van der Waals surface area contributed by atoms with Crippen LogP contribution in [-0.2, 0) is 0 Å². The summed E-state index contributed by atoms with van der Waals surface area (Å²) in [6, 6.07) is 0.716. The van der Waals surface area contributed by atoms with Crippen LogP contribution in [0.25, 0.3) is 0 Å². The second kappa shape index (κ2) is 2.97. The van der Waals surface area contributed by atoms with Crippen LogP contribution in [0.4, 0.5) is 0 Å². The van der Waals surface area contributed by atoms with Crippen LogP contribution in [0.3, 0.4) is 0 Å². The van der Waals surface area contributed by atoms with Gasteiger partial charge in [-0.25, -0.2) is 4.98 Å². The van der Waals surface area contributed by atoms with Gasteiger partial charge in [0.25, 0.3) is 0 Å². The molecule has 1 aromatic rings. The lowest BCUT2D eigenvalue weighted by Gasteiger charge is -2.08. The van der Waals surface area contributed by atoms with Gasteiger partial charge in [-0.05, 0) is 28.8 Å². The van der Waals surface area contributed by atoms with Gasteiger partial charge in [-0.3, -0.25) is 0 Å². The fourth-order valence-electron chi connectivity index (χ4n) is 1.71. The Morgan fingerprint density at radius 2 is 2.18 bits per heavy atom. The van der Waals surface area contributed by atoms with E-state index in [1.807, 2.05) is 6.33 Å². The lowest BCUT2D eigenvalue weighted by atomic mass is 10.2. The first-order valence-corrected chi connectivity index (χ1v) is 4.84. The van der Waals surface area contributed by atoms with Crippen molar-refractivity contribution < 1.29 is 0 Å². The molecule has 11 heavy (non-hydrogen) atoms. The van der Waals surface area contributed by atoms with Crippen LogP contribution in [0.1, 0.15) is 31.7 Å². The largest absolute Gasteiger partial charge is 0.333 e. The van der Waals surface area contributed by atoms with Gasteiger partial charge in [-0.15, -0.1) is 0 Å². The predicted octanol–water partition coefficient (Wildman–Crippen LogP) is 2.76. The quantitative estimate of drug-likeness (QED) is 0.704. The number of hydrogen-bond acceptors (Lipinski definition) is 1. The second-order valence-electron chi connectivity index (χ2n) is 3.08. The normalized spacial score (nSPS) is 19.4. The Morgan fingerprint density at radius 3 is 2.73 bits per heavy atom. The van der Waals surface area contributed by atoms with Gasteiger partial charge in [-0.1, -0.05) is 12.8 Å². The molecule has 1 aliphatic rings. The zero-order chi connectivity index (χ0) is 7.68. The zero-order valence-corrected chi connectivity index (χ0v) is 7.92. The van der Waals surface area contributed by atoms with Crippen molar-refractivity contribution in [3.63, 3.8) is 0 Å². The lowest BCUT2D eigenvalue weighted by Crippen LogP contribution is -2.00. The molecule has 1 fully saturated rings. The van der Waals surface area contributed by atoms with Crippen molar-refractivity contribution in [2.24, 2.45) is 0 Å². The van der Waals surface area contributed by atoms with E-state index in [1.54, 1.807) is 0 Å². The van der Waals surface area contributed by atoms with Crippen molar-refractivity contribution in [1.82, 2.24) is 9.55 Å². The van der Waals surface area contributed by atoms with E-state index in [9.17, 15) is 0 Å². The Bertz CT molecular complexity index is 238. The number of imidazole rings is 1. The first-order valence-electron chi connectivity index (χ1n) is 4.05. The molecule has 0 aliphatic heterocycles. The molecule has 2 rings (SSSR count). The molecule has 2 nitrogen and oxygen atoms in total. The van der Waals surface area contributed by atoms with Gasteiger partial charge in [0.15, 0.2) is 0 Å². The van der Waals surface area contributed by atoms with Crippen molar-refractivity contribution in [1.29, 1.82) is 0 Å². The maximum atomic E-state index is 4.14.